The molecule has 3 rings (SSSR count). The van der Waals surface area contributed by atoms with Crippen LogP contribution in [0.4, 0.5) is 0 Å². The van der Waals surface area contributed by atoms with Crippen molar-refractivity contribution in [1.29, 1.82) is 0 Å². The van der Waals surface area contributed by atoms with Gasteiger partial charge in [-0.1, -0.05) is 24.3 Å². The van der Waals surface area contributed by atoms with Gasteiger partial charge in [0.15, 0.2) is 0 Å². The van der Waals surface area contributed by atoms with E-state index in [-0.39, 0.29) is 5.97 Å². The number of aryl methyl sites for hydroxylation is 1. The van der Waals surface area contributed by atoms with Crippen molar-refractivity contribution < 1.29 is 9.53 Å². The average molecular weight is 267 g/mol. The van der Waals surface area contributed by atoms with Crippen LogP contribution in [0.15, 0.2) is 36.4 Å². The summed E-state index contributed by atoms with van der Waals surface area (Å²) in [6.07, 6.45) is 5.07. The number of benzene rings is 1. The second-order valence-electron chi connectivity index (χ2n) is 4.89. The van der Waals surface area contributed by atoms with Gasteiger partial charge in [0.1, 0.15) is 5.69 Å². The third-order valence-corrected chi connectivity index (χ3v) is 3.58. The highest BCUT2D eigenvalue weighted by molar-refractivity contribution is 5.90. The zero-order valence-electron chi connectivity index (χ0n) is 11.7. The topological polar surface area (TPSA) is 31.2 Å². The van der Waals surface area contributed by atoms with Crippen molar-refractivity contribution in [2.45, 2.75) is 20.3 Å². The summed E-state index contributed by atoms with van der Waals surface area (Å²) < 4.78 is 7.19. The van der Waals surface area contributed by atoms with Gasteiger partial charge >= 0.3 is 5.97 Å². The van der Waals surface area contributed by atoms with Crippen LogP contribution in [0.2, 0.25) is 0 Å². The van der Waals surface area contributed by atoms with Crippen LogP contribution >= 0.6 is 0 Å². The van der Waals surface area contributed by atoms with Gasteiger partial charge in [-0.25, -0.2) is 4.79 Å². The Balaban J connectivity index is 2.21. The number of allylic oxidation sites excluding steroid dienone is 1. The first-order valence-corrected chi connectivity index (χ1v) is 6.86. The van der Waals surface area contributed by atoms with Crippen molar-refractivity contribution >= 4 is 12.0 Å². The minimum Gasteiger partial charge on any atom is -0.461 e. The fraction of sp³-hybridized carbons (Fsp3) is 0.235. The Morgan fingerprint density at radius 1 is 1.35 bits per heavy atom. The molecule has 0 saturated heterocycles. The molecule has 2 aromatic rings. The molecule has 1 aliphatic rings. The summed E-state index contributed by atoms with van der Waals surface area (Å²) >= 11 is 0. The van der Waals surface area contributed by atoms with E-state index in [2.05, 4.69) is 25.1 Å². The summed E-state index contributed by atoms with van der Waals surface area (Å²) in [4.78, 5) is 12.2. The molecule has 1 aromatic carbocycles. The van der Waals surface area contributed by atoms with Crippen molar-refractivity contribution in [3.8, 4) is 5.69 Å². The lowest BCUT2D eigenvalue weighted by Gasteiger charge is -2.13. The highest BCUT2D eigenvalue weighted by Gasteiger charge is 2.22. The monoisotopic (exact) mass is 267 g/mol. The molecular formula is C17H17NO2. The van der Waals surface area contributed by atoms with E-state index in [0.29, 0.717) is 12.3 Å². The van der Waals surface area contributed by atoms with Crippen LogP contribution < -0.4 is 0 Å². The fourth-order valence-corrected chi connectivity index (χ4v) is 2.65. The molecular weight excluding hydrogens is 250 g/mol. The van der Waals surface area contributed by atoms with Crippen molar-refractivity contribution in [3.63, 3.8) is 0 Å². The minimum atomic E-state index is -0.265. The zero-order chi connectivity index (χ0) is 14.1. The summed E-state index contributed by atoms with van der Waals surface area (Å²) in [7, 11) is 0. The number of hydrogen-bond donors (Lipinski definition) is 0. The van der Waals surface area contributed by atoms with Gasteiger partial charge in [-0.2, -0.15) is 0 Å². The smallest absolute Gasteiger partial charge is 0.355 e. The van der Waals surface area contributed by atoms with Crippen molar-refractivity contribution in [1.82, 2.24) is 4.57 Å². The van der Waals surface area contributed by atoms with E-state index in [0.717, 1.165) is 23.4 Å². The third-order valence-electron chi connectivity index (χ3n) is 3.58. The van der Waals surface area contributed by atoms with E-state index in [1.165, 1.54) is 5.56 Å². The maximum Gasteiger partial charge on any atom is 0.355 e. The Hall–Kier alpha value is -2.29. The summed E-state index contributed by atoms with van der Waals surface area (Å²) in [5, 5.41) is 0. The van der Waals surface area contributed by atoms with Gasteiger partial charge in [-0.05, 0) is 49.6 Å². The number of para-hydroxylation sites is 1. The largest absolute Gasteiger partial charge is 0.461 e. The van der Waals surface area contributed by atoms with E-state index in [4.69, 9.17) is 4.74 Å². The van der Waals surface area contributed by atoms with Gasteiger partial charge in [-0.3, -0.25) is 0 Å². The molecule has 0 atom stereocenters. The number of ether oxygens (including phenoxy) is 1. The van der Waals surface area contributed by atoms with Gasteiger partial charge in [0.25, 0.3) is 0 Å². The Kier molecular flexibility index (Phi) is 3.18. The first kappa shape index (κ1) is 12.7. The molecule has 0 fully saturated rings. The Bertz CT molecular complexity index is 695. The van der Waals surface area contributed by atoms with Crippen molar-refractivity contribution in [2.24, 2.45) is 0 Å². The molecule has 3 heteroatoms. The minimum absolute atomic E-state index is 0.265. The van der Waals surface area contributed by atoms with Crippen LogP contribution in [0.5, 0.6) is 0 Å². The van der Waals surface area contributed by atoms with Crippen LogP contribution in [-0.2, 0) is 11.2 Å². The van der Waals surface area contributed by atoms with Crippen molar-refractivity contribution in [3.05, 3.63) is 58.9 Å². The standard InChI is InChI=1S/C17H17NO2/c1-3-20-17(19)16-11-13-8-6-10-15(13)18(16)14-9-5-4-7-12(14)2/h4-7,9-11H,3,8H2,1-2H3. The average Bonchev–Trinajstić information content (AvgIpc) is 3.00. The van der Waals surface area contributed by atoms with E-state index in [9.17, 15) is 4.79 Å². The van der Waals surface area contributed by atoms with Gasteiger partial charge in [0, 0.05) is 11.4 Å². The van der Waals surface area contributed by atoms with Crippen LogP contribution in [-0.4, -0.2) is 17.1 Å². The summed E-state index contributed by atoms with van der Waals surface area (Å²) in [6.45, 7) is 4.26. The Morgan fingerprint density at radius 3 is 2.90 bits per heavy atom. The molecule has 0 aliphatic heterocycles. The molecule has 0 radical (unpaired) electrons. The molecule has 0 N–H and O–H groups in total. The Labute approximate surface area is 118 Å². The lowest BCUT2D eigenvalue weighted by molar-refractivity contribution is 0.0517. The first-order chi connectivity index (χ1) is 9.72. The molecule has 102 valence electrons. The molecule has 0 bridgehead atoms. The van der Waals surface area contributed by atoms with Crippen LogP contribution in [0, 0.1) is 6.92 Å². The number of aromatic nitrogens is 1. The fourth-order valence-electron chi connectivity index (χ4n) is 2.65. The first-order valence-electron chi connectivity index (χ1n) is 6.86. The second-order valence-corrected chi connectivity index (χ2v) is 4.89. The highest BCUT2D eigenvalue weighted by atomic mass is 16.5. The predicted molar refractivity (Wildman–Crippen MR) is 79.2 cm³/mol. The SMILES string of the molecule is CCOC(=O)c1cc2c(n1-c1ccccc1C)C=CC2. The van der Waals surface area contributed by atoms with E-state index in [1.54, 1.807) is 0 Å². The molecule has 1 aromatic heterocycles. The highest BCUT2D eigenvalue weighted by Crippen LogP contribution is 2.29. The van der Waals surface area contributed by atoms with Gasteiger partial charge in [0.05, 0.1) is 6.61 Å². The normalized spacial score (nSPS) is 12.5. The lowest BCUT2D eigenvalue weighted by Crippen LogP contribution is -2.12. The zero-order valence-corrected chi connectivity index (χ0v) is 11.7. The summed E-state index contributed by atoms with van der Waals surface area (Å²) in [6, 6.07) is 10.0. The molecule has 20 heavy (non-hydrogen) atoms. The maximum atomic E-state index is 12.2. The van der Waals surface area contributed by atoms with Crippen LogP contribution in [0.1, 0.15) is 34.2 Å². The third kappa shape index (κ3) is 1.95. The molecule has 1 aliphatic carbocycles. The van der Waals surface area contributed by atoms with E-state index >= 15 is 0 Å². The second kappa shape index (κ2) is 5.00. The van der Waals surface area contributed by atoms with Gasteiger partial charge in [-0.15, -0.1) is 0 Å². The van der Waals surface area contributed by atoms with E-state index < -0.39 is 0 Å². The van der Waals surface area contributed by atoms with Gasteiger partial charge in [0.2, 0.25) is 0 Å². The summed E-state index contributed by atoms with van der Waals surface area (Å²) in [5.74, 6) is -0.265. The van der Waals surface area contributed by atoms with Gasteiger partial charge < -0.3 is 9.30 Å². The number of fused-ring (bicyclic) bond motifs is 1. The molecule has 0 spiro atoms. The number of carbonyl (C=O) groups excluding carboxylic acids is 1. The predicted octanol–water partition coefficient (Wildman–Crippen LogP) is 3.53. The molecule has 3 nitrogen and oxygen atoms in total. The molecule has 0 saturated carbocycles. The van der Waals surface area contributed by atoms with Crippen molar-refractivity contribution in [2.75, 3.05) is 6.61 Å². The molecule has 0 amide bonds. The maximum absolute atomic E-state index is 12.2. The lowest BCUT2D eigenvalue weighted by atomic mass is 10.2. The quantitative estimate of drug-likeness (QED) is 0.797. The number of carbonyl (C=O) groups is 1. The van der Waals surface area contributed by atoms with Crippen LogP contribution in [0.3, 0.4) is 0 Å². The number of hydrogen-bond acceptors (Lipinski definition) is 2. The van der Waals surface area contributed by atoms with E-state index in [1.807, 2.05) is 35.8 Å². The van der Waals surface area contributed by atoms with Crippen LogP contribution in [0.25, 0.3) is 11.8 Å². The number of rotatable bonds is 3. The number of nitrogens with zero attached hydrogens (tertiary/aromatic N) is 1. The number of esters is 1. The Morgan fingerprint density at radius 2 is 2.15 bits per heavy atom. The summed E-state index contributed by atoms with van der Waals surface area (Å²) in [5.41, 5.74) is 5.04. The molecule has 0 unspecified atom stereocenters. The molecule has 1 heterocycles.